The van der Waals surface area contributed by atoms with E-state index in [0.717, 1.165) is 9.86 Å². The van der Waals surface area contributed by atoms with Crippen molar-refractivity contribution in [3.8, 4) is 0 Å². The molecule has 0 atom stereocenters. The maximum absolute atomic E-state index is 12.1. The molecule has 0 amide bonds. The van der Waals surface area contributed by atoms with Crippen LogP contribution in [-0.2, 0) is 10.0 Å². The first-order valence-electron chi connectivity index (χ1n) is 6.42. The van der Waals surface area contributed by atoms with Gasteiger partial charge in [-0.15, -0.1) is 0 Å². The van der Waals surface area contributed by atoms with Gasteiger partial charge in [0, 0.05) is 16.1 Å². The van der Waals surface area contributed by atoms with Crippen LogP contribution in [0.1, 0.15) is 20.3 Å². The number of pyridine rings is 1. The van der Waals surface area contributed by atoms with Gasteiger partial charge in [0.05, 0.1) is 17.0 Å². The van der Waals surface area contributed by atoms with Gasteiger partial charge < -0.3 is 0 Å². The molecular formula is C14H17BrN2O2S. The zero-order valence-corrected chi connectivity index (χ0v) is 13.8. The topological polar surface area (TPSA) is 59.1 Å². The summed E-state index contributed by atoms with van der Waals surface area (Å²) in [4.78, 5) is 4.29. The maximum Gasteiger partial charge on any atom is 0.232 e. The number of anilines is 1. The van der Waals surface area contributed by atoms with Gasteiger partial charge in [0.25, 0.3) is 0 Å². The van der Waals surface area contributed by atoms with E-state index < -0.39 is 10.0 Å². The lowest BCUT2D eigenvalue weighted by Gasteiger charge is -2.11. The molecule has 6 heteroatoms. The Morgan fingerprint density at radius 1 is 1.35 bits per heavy atom. The van der Waals surface area contributed by atoms with Gasteiger partial charge in [0.15, 0.2) is 0 Å². The highest BCUT2D eigenvalue weighted by atomic mass is 79.9. The quantitative estimate of drug-likeness (QED) is 0.886. The summed E-state index contributed by atoms with van der Waals surface area (Å²) >= 11 is 3.36. The molecule has 0 aliphatic rings. The van der Waals surface area contributed by atoms with E-state index in [2.05, 4.69) is 25.6 Å². The third-order valence-electron chi connectivity index (χ3n) is 2.91. The summed E-state index contributed by atoms with van der Waals surface area (Å²) in [6.07, 6.45) is 2.30. The number of benzene rings is 1. The van der Waals surface area contributed by atoms with Crippen LogP contribution in [0.25, 0.3) is 10.9 Å². The largest absolute Gasteiger partial charge is 0.281 e. The zero-order valence-electron chi connectivity index (χ0n) is 11.4. The Kier molecular flexibility index (Phi) is 4.65. The lowest BCUT2D eigenvalue weighted by atomic mass is 10.2. The minimum Gasteiger partial charge on any atom is -0.281 e. The van der Waals surface area contributed by atoms with Crippen LogP contribution in [-0.4, -0.2) is 19.2 Å². The van der Waals surface area contributed by atoms with E-state index in [0.29, 0.717) is 23.5 Å². The summed E-state index contributed by atoms with van der Waals surface area (Å²) in [6, 6.07) is 7.36. The fraction of sp³-hybridized carbons (Fsp3) is 0.357. The van der Waals surface area contributed by atoms with E-state index in [-0.39, 0.29) is 5.75 Å². The van der Waals surface area contributed by atoms with E-state index in [9.17, 15) is 8.42 Å². The third-order valence-corrected chi connectivity index (χ3v) is 4.64. The number of fused-ring (bicyclic) bond motifs is 1. The number of aromatic nitrogens is 1. The summed E-state index contributed by atoms with van der Waals surface area (Å²) in [5.41, 5.74) is 1.18. The van der Waals surface area contributed by atoms with Crippen molar-refractivity contribution in [1.29, 1.82) is 0 Å². The number of halogens is 1. The fourth-order valence-electron chi connectivity index (χ4n) is 1.83. The minimum atomic E-state index is -3.33. The Hall–Kier alpha value is -1.14. The molecule has 0 spiro atoms. The molecule has 0 radical (unpaired) electrons. The van der Waals surface area contributed by atoms with Gasteiger partial charge in [-0.2, -0.15) is 0 Å². The van der Waals surface area contributed by atoms with Crippen molar-refractivity contribution in [1.82, 2.24) is 4.98 Å². The van der Waals surface area contributed by atoms with Crippen LogP contribution in [0.3, 0.4) is 0 Å². The summed E-state index contributed by atoms with van der Waals surface area (Å²) in [7, 11) is -3.33. The van der Waals surface area contributed by atoms with Gasteiger partial charge in [0.2, 0.25) is 10.0 Å². The third kappa shape index (κ3) is 3.93. The SMILES string of the molecule is CC(C)CCS(=O)(=O)Nc1cccc2cc(Br)cnc12. The average Bonchev–Trinajstić information content (AvgIpc) is 2.36. The van der Waals surface area contributed by atoms with Crippen LogP contribution < -0.4 is 4.72 Å². The second-order valence-corrected chi connectivity index (χ2v) is 7.89. The van der Waals surface area contributed by atoms with E-state index >= 15 is 0 Å². The predicted octanol–water partition coefficient (Wildman–Crippen LogP) is 3.79. The van der Waals surface area contributed by atoms with Crippen molar-refractivity contribution in [2.75, 3.05) is 10.5 Å². The van der Waals surface area contributed by atoms with Gasteiger partial charge in [0.1, 0.15) is 0 Å². The summed E-state index contributed by atoms with van der Waals surface area (Å²) < 4.78 is 27.6. The first kappa shape index (κ1) is 15.3. The number of nitrogens with zero attached hydrogens (tertiary/aromatic N) is 1. The molecule has 1 aromatic carbocycles. The van der Waals surface area contributed by atoms with Gasteiger partial charge >= 0.3 is 0 Å². The van der Waals surface area contributed by atoms with Crippen molar-refractivity contribution < 1.29 is 8.42 Å². The zero-order chi connectivity index (χ0) is 14.8. The van der Waals surface area contributed by atoms with Crippen LogP contribution in [0.5, 0.6) is 0 Å². The van der Waals surface area contributed by atoms with Gasteiger partial charge in [-0.05, 0) is 40.4 Å². The molecule has 108 valence electrons. The molecule has 0 unspecified atom stereocenters. The van der Waals surface area contributed by atoms with Gasteiger partial charge in [-0.25, -0.2) is 8.42 Å². The van der Waals surface area contributed by atoms with Crippen molar-refractivity contribution in [3.63, 3.8) is 0 Å². The number of hydrogen-bond acceptors (Lipinski definition) is 3. The highest BCUT2D eigenvalue weighted by Gasteiger charge is 2.13. The molecule has 0 saturated heterocycles. The predicted molar refractivity (Wildman–Crippen MR) is 86.3 cm³/mol. The number of hydrogen-bond donors (Lipinski definition) is 1. The molecule has 0 aliphatic heterocycles. The molecule has 4 nitrogen and oxygen atoms in total. The van der Waals surface area contributed by atoms with E-state index in [1.807, 2.05) is 32.0 Å². The lowest BCUT2D eigenvalue weighted by Crippen LogP contribution is -2.18. The molecule has 20 heavy (non-hydrogen) atoms. The molecule has 1 heterocycles. The lowest BCUT2D eigenvalue weighted by molar-refractivity contribution is 0.578. The van der Waals surface area contributed by atoms with Crippen LogP contribution in [0, 0.1) is 5.92 Å². The second-order valence-electron chi connectivity index (χ2n) is 5.13. The van der Waals surface area contributed by atoms with Crippen LogP contribution >= 0.6 is 15.9 Å². The standard InChI is InChI=1S/C14H17BrN2O2S/c1-10(2)6-7-20(18,19)17-13-5-3-4-11-8-12(15)9-16-14(11)13/h3-5,8-10,17H,6-7H2,1-2H3. The minimum absolute atomic E-state index is 0.123. The summed E-state index contributed by atoms with van der Waals surface area (Å²) in [6.45, 7) is 4.01. The molecular weight excluding hydrogens is 340 g/mol. The molecule has 0 fully saturated rings. The molecule has 2 aromatic rings. The van der Waals surface area contributed by atoms with Gasteiger partial charge in [-0.3, -0.25) is 9.71 Å². The van der Waals surface area contributed by atoms with Crippen molar-refractivity contribution in [3.05, 3.63) is 34.9 Å². The highest BCUT2D eigenvalue weighted by molar-refractivity contribution is 9.10. The first-order valence-corrected chi connectivity index (χ1v) is 8.87. The van der Waals surface area contributed by atoms with E-state index in [4.69, 9.17) is 0 Å². The smallest absolute Gasteiger partial charge is 0.232 e. The first-order chi connectivity index (χ1) is 9.37. The normalized spacial score (nSPS) is 12.0. The van der Waals surface area contributed by atoms with Crippen molar-refractivity contribution >= 4 is 42.5 Å². The van der Waals surface area contributed by atoms with E-state index in [1.165, 1.54) is 0 Å². The van der Waals surface area contributed by atoms with Crippen LogP contribution in [0.15, 0.2) is 34.9 Å². The Bertz CT molecular complexity index is 714. The molecule has 1 N–H and O–H groups in total. The number of sulfonamides is 1. The Morgan fingerprint density at radius 3 is 2.80 bits per heavy atom. The van der Waals surface area contributed by atoms with Crippen molar-refractivity contribution in [2.24, 2.45) is 5.92 Å². The van der Waals surface area contributed by atoms with Gasteiger partial charge in [-0.1, -0.05) is 26.0 Å². The number of rotatable bonds is 5. The van der Waals surface area contributed by atoms with E-state index in [1.54, 1.807) is 12.3 Å². The Morgan fingerprint density at radius 2 is 2.10 bits per heavy atom. The fourth-order valence-corrected chi connectivity index (χ4v) is 3.56. The maximum atomic E-state index is 12.1. The highest BCUT2D eigenvalue weighted by Crippen LogP contribution is 2.24. The molecule has 0 aliphatic carbocycles. The second kappa shape index (κ2) is 6.10. The van der Waals surface area contributed by atoms with Crippen molar-refractivity contribution in [2.45, 2.75) is 20.3 Å². The Balaban J connectivity index is 2.30. The number of nitrogens with one attached hydrogen (secondary N) is 1. The van der Waals surface area contributed by atoms with Crippen LogP contribution in [0.2, 0.25) is 0 Å². The monoisotopic (exact) mass is 356 g/mol. The summed E-state index contributed by atoms with van der Waals surface area (Å²) in [5, 5.41) is 0.892. The molecule has 0 saturated carbocycles. The molecule has 1 aromatic heterocycles. The average molecular weight is 357 g/mol. The van der Waals surface area contributed by atoms with Crippen LogP contribution in [0.4, 0.5) is 5.69 Å². The molecule has 0 bridgehead atoms. The number of para-hydroxylation sites is 1. The molecule has 2 rings (SSSR count). The summed E-state index contributed by atoms with van der Waals surface area (Å²) in [5.74, 6) is 0.477. The Labute approximate surface area is 127 Å².